The third kappa shape index (κ3) is 5.61. The zero-order chi connectivity index (χ0) is 7.82. The standard InChI is InChI=1S/C6H9O3P/c1-2-9-6(7)4-3-5-10-8/h2-4H2,1H3. The monoisotopic (exact) mass is 160 g/mol. The van der Waals surface area contributed by atoms with Gasteiger partial charge in [0.05, 0.1) is 0 Å². The normalized spacial score (nSPS) is 8.10. The Hall–Kier alpha value is -0.520. The van der Waals surface area contributed by atoms with E-state index in [1.54, 1.807) is 6.92 Å². The molecular weight excluding hydrogens is 151 g/mol. The number of hydrogen-bond donors (Lipinski definition) is 0. The molecule has 0 radical (unpaired) electrons. The fraction of sp³-hybridized carbons (Fsp3) is 0.667. The Morgan fingerprint density at radius 3 is 2.90 bits per heavy atom. The fourth-order valence-corrected chi connectivity index (χ4v) is 0.640. The molecule has 0 atom stereocenters. The average molecular weight is 160 g/mol. The molecule has 0 bridgehead atoms. The van der Waals surface area contributed by atoms with Crippen molar-refractivity contribution in [2.24, 2.45) is 0 Å². The summed E-state index contributed by atoms with van der Waals surface area (Å²) < 4.78 is 14.4. The van der Waals surface area contributed by atoms with Gasteiger partial charge in [-0.25, -0.2) is 0 Å². The van der Waals surface area contributed by atoms with Gasteiger partial charge in [-0.1, -0.05) is 0 Å². The number of hydrogen-bond acceptors (Lipinski definition) is 3. The molecule has 0 aliphatic carbocycles. The first-order chi connectivity index (χ1) is 4.81. The molecule has 56 valence electrons. The molecule has 3 nitrogen and oxygen atoms in total. The first-order valence-electron chi connectivity index (χ1n) is 3.02. The van der Waals surface area contributed by atoms with Crippen molar-refractivity contribution in [2.75, 3.05) is 6.61 Å². The van der Waals surface area contributed by atoms with Crippen LogP contribution in [0, 0.1) is 5.63 Å². The number of esters is 1. The van der Waals surface area contributed by atoms with Crippen LogP contribution in [0.25, 0.3) is 0 Å². The second-order valence-corrected chi connectivity index (χ2v) is 2.05. The quantitative estimate of drug-likeness (QED) is 0.465. The Morgan fingerprint density at radius 1 is 1.70 bits per heavy atom. The molecule has 0 amide bonds. The minimum atomic E-state index is -0.265. The summed E-state index contributed by atoms with van der Waals surface area (Å²) in [6, 6.07) is 0. The second kappa shape index (κ2) is 6.60. The Morgan fingerprint density at radius 2 is 2.40 bits per heavy atom. The van der Waals surface area contributed by atoms with Gasteiger partial charge in [0.1, 0.15) is 0 Å². The molecule has 0 heterocycles. The molecule has 0 fully saturated rings. The van der Waals surface area contributed by atoms with Crippen LogP contribution in [0.15, 0.2) is 0 Å². The van der Waals surface area contributed by atoms with E-state index in [2.05, 4.69) is 10.4 Å². The van der Waals surface area contributed by atoms with Crippen LogP contribution in [0.3, 0.4) is 0 Å². The zero-order valence-electron chi connectivity index (χ0n) is 5.79. The third-order valence-corrected chi connectivity index (χ3v) is 1.16. The number of ether oxygens (including phenoxy) is 1. The summed E-state index contributed by atoms with van der Waals surface area (Å²) in [5.41, 5.74) is 2.45. The molecule has 0 saturated carbocycles. The average Bonchev–Trinajstić information content (AvgIpc) is 1.89. The summed E-state index contributed by atoms with van der Waals surface area (Å²) in [5.74, 6) is -0.265. The SMILES string of the molecule is CCOC(=O)CCC#P=O. The summed E-state index contributed by atoms with van der Waals surface area (Å²) >= 11 is 0. The Labute approximate surface area is 60.9 Å². The van der Waals surface area contributed by atoms with Crippen LogP contribution in [0.4, 0.5) is 0 Å². The fourth-order valence-electron chi connectivity index (χ4n) is 0.437. The van der Waals surface area contributed by atoms with Crippen molar-refractivity contribution in [3.8, 4) is 5.63 Å². The van der Waals surface area contributed by atoms with Gasteiger partial charge in [-0.15, -0.1) is 0 Å². The summed E-state index contributed by atoms with van der Waals surface area (Å²) in [6.45, 7) is 2.14. The molecule has 0 aromatic heterocycles. The molecule has 0 saturated heterocycles. The second-order valence-electron chi connectivity index (χ2n) is 1.55. The molecule has 4 heteroatoms. The van der Waals surface area contributed by atoms with E-state index in [9.17, 15) is 9.36 Å². The van der Waals surface area contributed by atoms with E-state index in [-0.39, 0.29) is 20.3 Å². The first-order valence-corrected chi connectivity index (χ1v) is 3.83. The Kier molecular flexibility index (Phi) is 6.25. The van der Waals surface area contributed by atoms with E-state index in [4.69, 9.17) is 0 Å². The number of carbonyl (C=O) groups is 1. The van der Waals surface area contributed by atoms with Crippen LogP contribution in [-0.2, 0) is 14.1 Å². The van der Waals surface area contributed by atoms with Gasteiger partial charge in [-0.2, -0.15) is 0 Å². The van der Waals surface area contributed by atoms with Crippen LogP contribution < -0.4 is 0 Å². The molecule has 0 aliphatic rings. The van der Waals surface area contributed by atoms with Crippen molar-refractivity contribution < 1.29 is 14.1 Å². The van der Waals surface area contributed by atoms with Gasteiger partial charge in [-0.3, -0.25) is 0 Å². The zero-order valence-corrected chi connectivity index (χ0v) is 6.69. The third-order valence-electron chi connectivity index (χ3n) is 0.811. The molecule has 0 N–H and O–H groups in total. The summed E-state index contributed by atoms with van der Waals surface area (Å²) in [5, 5.41) is 0. The van der Waals surface area contributed by atoms with E-state index in [1.165, 1.54) is 0 Å². The molecule has 0 aromatic rings. The predicted molar refractivity (Wildman–Crippen MR) is 37.4 cm³/mol. The van der Waals surface area contributed by atoms with Gasteiger partial charge >= 0.3 is 60.0 Å². The topological polar surface area (TPSA) is 43.4 Å². The van der Waals surface area contributed by atoms with Gasteiger partial charge in [-0.05, 0) is 0 Å². The van der Waals surface area contributed by atoms with Crippen molar-refractivity contribution in [1.82, 2.24) is 0 Å². The van der Waals surface area contributed by atoms with Crippen molar-refractivity contribution in [3.05, 3.63) is 0 Å². The molecule has 10 heavy (non-hydrogen) atoms. The molecular formula is C6H9O3P. The van der Waals surface area contributed by atoms with Gasteiger partial charge in [0.25, 0.3) is 0 Å². The maximum atomic E-state index is 10.6. The van der Waals surface area contributed by atoms with E-state index in [0.717, 1.165) is 0 Å². The van der Waals surface area contributed by atoms with E-state index >= 15 is 0 Å². The van der Waals surface area contributed by atoms with Gasteiger partial charge in [0.2, 0.25) is 0 Å². The van der Waals surface area contributed by atoms with Crippen molar-refractivity contribution in [3.63, 3.8) is 0 Å². The molecule has 0 spiro atoms. The van der Waals surface area contributed by atoms with Crippen LogP contribution in [0.2, 0.25) is 0 Å². The molecule has 0 aliphatic heterocycles. The minimum absolute atomic E-state index is 0.147. The first kappa shape index (κ1) is 9.48. The summed E-state index contributed by atoms with van der Waals surface area (Å²) in [7, 11) is -0.147. The maximum absolute atomic E-state index is 10.6. The van der Waals surface area contributed by atoms with Crippen molar-refractivity contribution >= 4 is 13.9 Å². The number of rotatable bonds is 3. The van der Waals surface area contributed by atoms with E-state index in [0.29, 0.717) is 13.0 Å². The summed E-state index contributed by atoms with van der Waals surface area (Å²) in [4.78, 5) is 10.6. The van der Waals surface area contributed by atoms with E-state index in [1.807, 2.05) is 0 Å². The van der Waals surface area contributed by atoms with Gasteiger partial charge in [0, 0.05) is 0 Å². The Bertz CT molecular complexity index is 192. The number of carbonyl (C=O) groups excluding carboxylic acids is 1. The molecule has 0 rings (SSSR count). The Balaban J connectivity index is 3.36. The van der Waals surface area contributed by atoms with Gasteiger partial charge in [0.15, 0.2) is 0 Å². The van der Waals surface area contributed by atoms with E-state index < -0.39 is 0 Å². The van der Waals surface area contributed by atoms with Crippen molar-refractivity contribution in [1.29, 1.82) is 0 Å². The predicted octanol–water partition coefficient (Wildman–Crippen LogP) is 1.58. The van der Waals surface area contributed by atoms with Crippen LogP contribution >= 0.6 is 7.92 Å². The summed E-state index contributed by atoms with van der Waals surface area (Å²) in [6.07, 6.45) is 0.660. The van der Waals surface area contributed by atoms with Crippen LogP contribution in [-0.4, -0.2) is 12.6 Å². The molecule has 0 aromatic carbocycles. The van der Waals surface area contributed by atoms with Crippen LogP contribution in [0.1, 0.15) is 19.8 Å². The molecule has 0 unspecified atom stereocenters. The van der Waals surface area contributed by atoms with Crippen LogP contribution in [0.5, 0.6) is 0 Å². The van der Waals surface area contributed by atoms with Gasteiger partial charge < -0.3 is 0 Å². The van der Waals surface area contributed by atoms with Crippen molar-refractivity contribution in [2.45, 2.75) is 19.8 Å².